The molecule has 0 spiro atoms. The molecule has 2 rings (SSSR count). The lowest BCUT2D eigenvalue weighted by atomic mass is 10.2. The first-order valence-corrected chi connectivity index (χ1v) is 5.95. The van der Waals surface area contributed by atoms with Crippen molar-refractivity contribution in [2.75, 3.05) is 12.4 Å². The molecule has 4 nitrogen and oxygen atoms in total. The Morgan fingerprint density at radius 1 is 1.25 bits per heavy atom. The van der Waals surface area contributed by atoms with E-state index in [0.29, 0.717) is 16.8 Å². The number of pyridine rings is 1. The zero-order valence-electron chi connectivity index (χ0n) is 10.8. The number of aromatic nitrogens is 1. The molecule has 0 aliphatic heterocycles. The van der Waals surface area contributed by atoms with Gasteiger partial charge in [-0.3, -0.25) is 9.78 Å². The molecule has 0 unspecified atom stereocenters. The number of rotatable bonds is 4. The van der Waals surface area contributed by atoms with Crippen LogP contribution >= 0.6 is 0 Å². The van der Waals surface area contributed by atoms with Crippen molar-refractivity contribution < 1.29 is 13.6 Å². The second-order valence-corrected chi connectivity index (χ2v) is 4.10. The predicted molar refractivity (Wildman–Crippen MR) is 71.3 cm³/mol. The lowest BCUT2D eigenvalue weighted by molar-refractivity contribution is 0.0951. The average Bonchev–Trinajstić information content (AvgIpc) is 2.48. The van der Waals surface area contributed by atoms with Crippen LogP contribution in [0.2, 0.25) is 0 Å². The lowest BCUT2D eigenvalue weighted by Crippen LogP contribution is -2.23. The van der Waals surface area contributed by atoms with Crippen LogP contribution < -0.4 is 10.6 Å². The highest BCUT2D eigenvalue weighted by Gasteiger charge is 2.10. The van der Waals surface area contributed by atoms with Crippen molar-refractivity contribution in [3.8, 4) is 0 Å². The number of anilines is 1. The van der Waals surface area contributed by atoms with Crippen LogP contribution in [0.15, 0.2) is 36.7 Å². The van der Waals surface area contributed by atoms with Gasteiger partial charge in [-0.2, -0.15) is 0 Å². The fourth-order valence-corrected chi connectivity index (χ4v) is 1.72. The van der Waals surface area contributed by atoms with E-state index in [9.17, 15) is 13.6 Å². The minimum absolute atomic E-state index is 0.113. The van der Waals surface area contributed by atoms with Gasteiger partial charge in [-0.05, 0) is 23.8 Å². The van der Waals surface area contributed by atoms with Crippen molar-refractivity contribution in [2.45, 2.75) is 6.54 Å². The second-order valence-electron chi connectivity index (χ2n) is 4.10. The Kier molecular flexibility index (Phi) is 4.24. The summed E-state index contributed by atoms with van der Waals surface area (Å²) >= 11 is 0. The van der Waals surface area contributed by atoms with Gasteiger partial charge in [-0.1, -0.05) is 6.07 Å². The quantitative estimate of drug-likeness (QED) is 0.902. The van der Waals surface area contributed by atoms with Gasteiger partial charge in [0.2, 0.25) is 0 Å². The van der Waals surface area contributed by atoms with Crippen molar-refractivity contribution >= 4 is 11.6 Å². The molecule has 1 aromatic heterocycles. The molecule has 1 aromatic carbocycles. The summed E-state index contributed by atoms with van der Waals surface area (Å²) in [5.41, 5.74) is 1.51. The van der Waals surface area contributed by atoms with E-state index in [4.69, 9.17) is 0 Å². The van der Waals surface area contributed by atoms with E-state index in [2.05, 4.69) is 15.6 Å². The molecule has 0 saturated carbocycles. The first-order valence-electron chi connectivity index (χ1n) is 5.95. The van der Waals surface area contributed by atoms with Gasteiger partial charge >= 0.3 is 0 Å². The molecule has 1 heterocycles. The average molecular weight is 277 g/mol. The number of hydrogen-bond acceptors (Lipinski definition) is 3. The van der Waals surface area contributed by atoms with E-state index in [0.717, 1.165) is 12.1 Å². The normalized spacial score (nSPS) is 10.2. The minimum Gasteiger partial charge on any atom is -0.386 e. The molecule has 1 amide bonds. The van der Waals surface area contributed by atoms with Crippen LogP contribution in [0.3, 0.4) is 0 Å². The Morgan fingerprint density at radius 3 is 2.75 bits per heavy atom. The number of carbonyl (C=O) groups is 1. The molecule has 0 fully saturated rings. The lowest BCUT2D eigenvalue weighted by Gasteiger charge is -2.09. The summed E-state index contributed by atoms with van der Waals surface area (Å²) in [5, 5.41) is 5.50. The summed E-state index contributed by atoms with van der Waals surface area (Å²) < 4.78 is 25.8. The number of halogens is 2. The molecule has 0 saturated heterocycles. The highest BCUT2D eigenvalue weighted by atomic mass is 19.2. The van der Waals surface area contributed by atoms with Crippen LogP contribution in [-0.2, 0) is 6.54 Å². The van der Waals surface area contributed by atoms with Gasteiger partial charge in [0.25, 0.3) is 5.91 Å². The largest absolute Gasteiger partial charge is 0.386 e. The molecular formula is C14H13F2N3O. The maximum atomic E-state index is 13.0. The van der Waals surface area contributed by atoms with Crippen molar-refractivity contribution in [1.82, 2.24) is 10.3 Å². The summed E-state index contributed by atoms with van der Waals surface area (Å²) in [6.07, 6.45) is 3.04. The van der Waals surface area contributed by atoms with E-state index < -0.39 is 11.6 Å². The number of amides is 1. The highest BCUT2D eigenvalue weighted by Crippen LogP contribution is 2.13. The van der Waals surface area contributed by atoms with Crippen LogP contribution in [0.5, 0.6) is 0 Å². The third kappa shape index (κ3) is 3.09. The fraction of sp³-hybridized carbons (Fsp3) is 0.143. The summed E-state index contributed by atoms with van der Waals surface area (Å²) in [6.45, 7) is 0.113. The Morgan fingerprint density at radius 2 is 2.05 bits per heavy atom. The highest BCUT2D eigenvalue weighted by molar-refractivity contribution is 5.99. The van der Waals surface area contributed by atoms with Gasteiger partial charge in [0.05, 0.1) is 17.4 Å². The zero-order chi connectivity index (χ0) is 14.5. The van der Waals surface area contributed by atoms with Crippen LogP contribution in [-0.4, -0.2) is 17.9 Å². The third-order valence-electron chi connectivity index (χ3n) is 2.77. The van der Waals surface area contributed by atoms with Gasteiger partial charge in [0.1, 0.15) is 0 Å². The van der Waals surface area contributed by atoms with Gasteiger partial charge < -0.3 is 10.6 Å². The van der Waals surface area contributed by atoms with Crippen LogP contribution in [0.1, 0.15) is 15.9 Å². The van der Waals surface area contributed by atoms with Gasteiger partial charge in [0, 0.05) is 19.8 Å². The molecule has 0 aliphatic carbocycles. The molecular weight excluding hydrogens is 264 g/mol. The summed E-state index contributed by atoms with van der Waals surface area (Å²) in [5.74, 6) is -2.16. The third-order valence-corrected chi connectivity index (χ3v) is 2.77. The predicted octanol–water partition coefficient (Wildman–Crippen LogP) is 2.33. The number of carbonyl (C=O) groups excluding carboxylic acids is 1. The number of nitrogens with one attached hydrogen (secondary N) is 2. The molecule has 2 aromatic rings. The van der Waals surface area contributed by atoms with Crippen LogP contribution in [0.4, 0.5) is 14.5 Å². The summed E-state index contributed by atoms with van der Waals surface area (Å²) in [7, 11) is 1.68. The summed E-state index contributed by atoms with van der Waals surface area (Å²) in [6, 6.07) is 5.08. The van der Waals surface area contributed by atoms with Crippen molar-refractivity contribution in [1.29, 1.82) is 0 Å². The first kappa shape index (κ1) is 13.9. The van der Waals surface area contributed by atoms with Crippen LogP contribution in [0, 0.1) is 11.6 Å². The second kappa shape index (κ2) is 6.10. The van der Waals surface area contributed by atoms with Gasteiger partial charge in [-0.15, -0.1) is 0 Å². The fourth-order valence-electron chi connectivity index (χ4n) is 1.72. The molecule has 20 heavy (non-hydrogen) atoms. The molecule has 104 valence electrons. The number of nitrogens with zero attached hydrogens (tertiary/aromatic N) is 1. The molecule has 0 radical (unpaired) electrons. The first-order chi connectivity index (χ1) is 9.61. The van der Waals surface area contributed by atoms with Crippen molar-refractivity contribution in [3.63, 3.8) is 0 Å². The molecule has 0 aliphatic rings. The van der Waals surface area contributed by atoms with E-state index in [1.807, 2.05) is 0 Å². The van der Waals surface area contributed by atoms with Crippen molar-refractivity contribution in [2.24, 2.45) is 0 Å². The summed E-state index contributed by atoms with van der Waals surface area (Å²) in [4.78, 5) is 15.9. The maximum absolute atomic E-state index is 13.0. The van der Waals surface area contributed by atoms with E-state index in [1.165, 1.54) is 18.5 Å². The monoisotopic (exact) mass is 277 g/mol. The Bertz CT molecular complexity index is 632. The van der Waals surface area contributed by atoms with Crippen LogP contribution in [0.25, 0.3) is 0 Å². The standard InChI is InChI=1S/C14H13F2N3O/c1-17-13-8-18-5-4-10(13)14(20)19-7-9-2-3-11(15)12(16)6-9/h2-6,8,17H,7H2,1H3,(H,19,20). The number of hydrogen-bond donors (Lipinski definition) is 2. The Hall–Kier alpha value is -2.50. The zero-order valence-corrected chi connectivity index (χ0v) is 10.8. The van der Waals surface area contributed by atoms with Crippen molar-refractivity contribution in [3.05, 3.63) is 59.4 Å². The van der Waals surface area contributed by atoms with E-state index in [1.54, 1.807) is 13.1 Å². The molecule has 0 bridgehead atoms. The topological polar surface area (TPSA) is 54.0 Å². The van der Waals surface area contributed by atoms with Gasteiger partial charge in [-0.25, -0.2) is 8.78 Å². The van der Waals surface area contributed by atoms with Gasteiger partial charge in [0.15, 0.2) is 11.6 Å². The SMILES string of the molecule is CNc1cnccc1C(=O)NCc1ccc(F)c(F)c1. The maximum Gasteiger partial charge on any atom is 0.253 e. The Balaban J connectivity index is 2.06. The molecule has 2 N–H and O–H groups in total. The number of benzene rings is 1. The Labute approximate surface area is 114 Å². The smallest absolute Gasteiger partial charge is 0.253 e. The minimum atomic E-state index is -0.934. The van der Waals surface area contributed by atoms with E-state index >= 15 is 0 Å². The van der Waals surface area contributed by atoms with E-state index in [-0.39, 0.29) is 12.5 Å². The molecule has 6 heteroatoms. The molecule has 0 atom stereocenters.